The number of sulfonamides is 1. The predicted molar refractivity (Wildman–Crippen MR) is 144 cm³/mol. The van der Waals surface area contributed by atoms with Gasteiger partial charge >= 0.3 is 5.97 Å². The molecule has 0 spiro atoms. The minimum Gasteiger partial charge on any atom is -0.481 e. The molecule has 8 nitrogen and oxygen atoms in total. The number of piperidine rings is 1. The van der Waals surface area contributed by atoms with E-state index in [1.54, 1.807) is 28.8 Å². The second-order valence-corrected chi connectivity index (χ2v) is 13.4. The molecule has 4 heterocycles. The maximum absolute atomic E-state index is 13.5. The first-order chi connectivity index (χ1) is 17.2. The Hall–Kier alpha value is -2.73. The molecule has 190 valence electrons. The van der Waals surface area contributed by atoms with Gasteiger partial charge in [0.1, 0.15) is 9.22 Å². The van der Waals surface area contributed by atoms with Crippen molar-refractivity contribution in [1.82, 2.24) is 14.9 Å². The number of thiazole rings is 1. The number of carboxylic acid groups (broad SMARTS) is 1. The van der Waals surface area contributed by atoms with E-state index in [4.69, 9.17) is 0 Å². The highest BCUT2D eigenvalue weighted by molar-refractivity contribution is 7.94. The lowest BCUT2D eigenvalue weighted by molar-refractivity contribution is -0.143. The number of nitrogens with one attached hydrogen (secondary N) is 1. The molecule has 2 N–H and O–H groups in total. The first kappa shape index (κ1) is 24.9. The molecule has 0 saturated carbocycles. The number of para-hydroxylation sites is 1. The number of fused-ring (bicyclic) bond motifs is 1. The molecule has 1 fully saturated rings. The Labute approximate surface area is 218 Å². The van der Waals surface area contributed by atoms with Crippen LogP contribution in [0.1, 0.15) is 31.6 Å². The van der Waals surface area contributed by atoms with Crippen LogP contribution in [0, 0.1) is 5.92 Å². The van der Waals surface area contributed by atoms with Crippen molar-refractivity contribution in [2.75, 3.05) is 17.4 Å². The van der Waals surface area contributed by atoms with Gasteiger partial charge in [0, 0.05) is 29.0 Å². The monoisotopic (exact) mass is 544 g/mol. The molecule has 0 unspecified atom stereocenters. The highest BCUT2D eigenvalue weighted by atomic mass is 32.2. The summed E-state index contributed by atoms with van der Waals surface area (Å²) < 4.78 is 28.8. The van der Waals surface area contributed by atoms with Crippen LogP contribution >= 0.6 is 22.7 Å². The van der Waals surface area contributed by atoms with Gasteiger partial charge < -0.3 is 10.1 Å². The highest BCUT2D eigenvalue weighted by Crippen LogP contribution is 2.36. The molecule has 5 rings (SSSR count). The van der Waals surface area contributed by atoms with Gasteiger partial charge in [-0.25, -0.2) is 13.4 Å². The van der Waals surface area contributed by atoms with Crippen molar-refractivity contribution in [1.29, 1.82) is 0 Å². The van der Waals surface area contributed by atoms with Gasteiger partial charge in [-0.05, 0) is 63.4 Å². The lowest BCUT2D eigenvalue weighted by Crippen LogP contribution is -2.36. The summed E-state index contributed by atoms with van der Waals surface area (Å²) in [6, 6.07) is 10.8. The van der Waals surface area contributed by atoms with Crippen LogP contribution in [-0.4, -0.2) is 53.5 Å². The molecule has 11 heteroatoms. The van der Waals surface area contributed by atoms with Crippen molar-refractivity contribution in [3.63, 3.8) is 0 Å². The summed E-state index contributed by atoms with van der Waals surface area (Å²) in [5, 5.41) is 12.7. The standard InChI is InChI=1S/C25H28N4O4S3/c1-16(2)29(36(32,33)22-7-4-12-34-22)21-6-3-5-18-13-20(27-23(18)21)24-26-14-19(35-24)15-28-10-8-17(9-11-28)25(30)31/h3-7,12-14,16-17,27H,8-11,15H2,1-2H3,(H,30,31). The van der Waals surface area contributed by atoms with Crippen LogP contribution < -0.4 is 4.31 Å². The van der Waals surface area contributed by atoms with Crippen LogP contribution in [0.4, 0.5) is 5.69 Å². The van der Waals surface area contributed by atoms with Crippen LogP contribution in [0.2, 0.25) is 0 Å². The Balaban J connectivity index is 1.41. The molecule has 1 aromatic carbocycles. The van der Waals surface area contributed by atoms with Gasteiger partial charge in [-0.2, -0.15) is 0 Å². The van der Waals surface area contributed by atoms with Crippen molar-refractivity contribution in [3.05, 3.63) is 52.9 Å². The van der Waals surface area contributed by atoms with E-state index in [2.05, 4.69) is 14.9 Å². The normalized spacial score (nSPS) is 15.6. The van der Waals surface area contributed by atoms with Crippen molar-refractivity contribution >= 4 is 55.3 Å². The van der Waals surface area contributed by atoms with Crippen molar-refractivity contribution < 1.29 is 18.3 Å². The number of carbonyl (C=O) groups is 1. The number of aromatic nitrogens is 2. The van der Waals surface area contributed by atoms with E-state index in [1.807, 2.05) is 44.3 Å². The molecule has 3 aromatic heterocycles. The van der Waals surface area contributed by atoms with Gasteiger partial charge in [0.15, 0.2) is 0 Å². The van der Waals surface area contributed by atoms with E-state index in [-0.39, 0.29) is 12.0 Å². The van der Waals surface area contributed by atoms with Crippen LogP contribution in [0.5, 0.6) is 0 Å². The minimum atomic E-state index is -3.70. The maximum Gasteiger partial charge on any atom is 0.306 e. The van der Waals surface area contributed by atoms with Gasteiger partial charge in [-0.1, -0.05) is 18.2 Å². The molecule has 0 amide bonds. The first-order valence-corrected chi connectivity index (χ1v) is 15.0. The van der Waals surface area contributed by atoms with Crippen molar-refractivity contribution in [2.24, 2.45) is 5.92 Å². The first-order valence-electron chi connectivity index (χ1n) is 11.8. The number of hydrogen-bond donors (Lipinski definition) is 2. The van der Waals surface area contributed by atoms with E-state index in [1.165, 1.54) is 15.6 Å². The van der Waals surface area contributed by atoms with Crippen LogP contribution in [0.25, 0.3) is 21.6 Å². The second kappa shape index (κ2) is 9.97. The molecule has 0 aliphatic carbocycles. The number of H-pyrrole nitrogens is 1. The average Bonchev–Trinajstić information content (AvgIpc) is 3.60. The smallest absolute Gasteiger partial charge is 0.306 e. The number of aromatic amines is 1. The number of aliphatic carboxylic acids is 1. The van der Waals surface area contributed by atoms with E-state index < -0.39 is 16.0 Å². The largest absolute Gasteiger partial charge is 0.481 e. The molecular weight excluding hydrogens is 517 g/mol. The topological polar surface area (TPSA) is 107 Å². The van der Waals surface area contributed by atoms with Gasteiger partial charge in [0.25, 0.3) is 10.0 Å². The second-order valence-electron chi connectivity index (χ2n) is 9.27. The fourth-order valence-electron chi connectivity index (χ4n) is 4.69. The van der Waals surface area contributed by atoms with Crippen LogP contribution in [0.3, 0.4) is 0 Å². The summed E-state index contributed by atoms with van der Waals surface area (Å²) >= 11 is 2.81. The Morgan fingerprint density at radius 1 is 1.25 bits per heavy atom. The molecule has 1 saturated heterocycles. The summed E-state index contributed by atoms with van der Waals surface area (Å²) in [6.07, 6.45) is 3.22. The summed E-state index contributed by atoms with van der Waals surface area (Å²) in [7, 11) is -3.70. The van der Waals surface area contributed by atoms with Crippen molar-refractivity contribution in [2.45, 2.75) is 43.5 Å². The molecule has 0 bridgehead atoms. The van der Waals surface area contributed by atoms with E-state index in [9.17, 15) is 18.3 Å². The molecule has 0 atom stereocenters. The number of benzene rings is 1. The number of likely N-dealkylation sites (tertiary alicyclic amines) is 1. The van der Waals surface area contributed by atoms with Gasteiger partial charge in [0.05, 0.1) is 22.8 Å². The van der Waals surface area contributed by atoms with E-state index >= 15 is 0 Å². The Bertz CT molecular complexity index is 1470. The number of nitrogens with zero attached hydrogens (tertiary/aromatic N) is 3. The summed E-state index contributed by atoms with van der Waals surface area (Å²) in [6.45, 7) is 6.03. The SMILES string of the molecule is CC(C)N(c1cccc2cc(-c3ncc(CN4CCC(C(=O)O)CC4)s3)[nH]c12)S(=O)(=O)c1cccs1. The third kappa shape index (κ3) is 4.80. The zero-order chi connectivity index (χ0) is 25.4. The predicted octanol–water partition coefficient (Wildman–Crippen LogP) is 5.25. The number of hydrogen-bond acceptors (Lipinski definition) is 7. The fourth-order valence-corrected chi connectivity index (χ4v) is 8.37. The van der Waals surface area contributed by atoms with Gasteiger partial charge in [-0.15, -0.1) is 22.7 Å². The molecule has 1 aliphatic rings. The van der Waals surface area contributed by atoms with E-state index in [0.717, 1.165) is 46.1 Å². The van der Waals surface area contributed by atoms with Crippen molar-refractivity contribution in [3.8, 4) is 10.7 Å². The third-order valence-corrected chi connectivity index (χ3v) is 10.8. The Kier molecular flexibility index (Phi) is 6.90. The fraction of sp³-hybridized carbons (Fsp3) is 0.360. The summed E-state index contributed by atoms with van der Waals surface area (Å²) in [5.41, 5.74) is 2.21. The van der Waals surface area contributed by atoms with E-state index in [0.29, 0.717) is 22.7 Å². The molecule has 4 aromatic rings. The van der Waals surface area contributed by atoms with Crippen LogP contribution in [-0.2, 0) is 21.4 Å². The Morgan fingerprint density at radius 2 is 2.03 bits per heavy atom. The lowest BCUT2D eigenvalue weighted by atomic mass is 9.97. The van der Waals surface area contributed by atoms with Gasteiger partial charge in [0.2, 0.25) is 0 Å². The maximum atomic E-state index is 13.5. The van der Waals surface area contributed by atoms with Crippen LogP contribution in [0.15, 0.2) is 52.2 Å². The van der Waals surface area contributed by atoms with Gasteiger partial charge in [-0.3, -0.25) is 14.0 Å². The molecule has 0 radical (unpaired) electrons. The third-order valence-electron chi connectivity index (χ3n) is 6.45. The summed E-state index contributed by atoms with van der Waals surface area (Å²) in [5.74, 6) is -0.944. The minimum absolute atomic E-state index is 0.243. The molecule has 36 heavy (non-hydrogen) atoms. The quantitative estimate of drug-likeness (QED) is 0.314. The summed E-state index contributed by atoms with van der Waals surface area (Å²) in [4.78, 5) is 22.7. The number of carboxylic acids is 1. The number of anilines is 1. The zero-order valence-electron chi connectivity index (χ0n) is 20.0. The molecular formula is C25H28N4O4S3. The molecule has 1 aliphatic heterocycles. The number of thiophene rings is 1. The zero-order valence-corrected chi connectivity index (χ0v) is 22.5. The Morgan fingerprint density at radius 3 is 2.69 bits per heavy atom. The average molecular weight is 545 g/mol. The number of rotatable bonds is 8. The lowest BCUT2D eigenvalue weighted by Gasteiger charge is -2.29. The highest BCUT2D eigenvalue weighted by Gasteiger charge is 2.30.